The Kier molecular flexibility index (Phi) is 4.08. The van der Waals surface area contributed by atoms with E-state index in [0.29, 0.717) is 13.0 Å². The number of anilines is 1. The minimum atomic E-state index is -4.56. The Hall–Kier alpha value is -1.83. The number of pyridine rings is 1. The highest BCUT2D eigenvalue weighted by atomic mass is 19.4. The largest absolute Gasteiger partial charge is 0.433 e. The molecule has 2 unspecified atom stereocenters. The molecule has 0 bridgehead atoms. The van der Waals surface area contributed by atoms with Crippen molar-refractivity contribution in [2.75, 3.05) is 18.0 Å². The molecule has 2 rings (SSSR count). The summed E-state index contributed by atoms with van der Waals surface area (Å²) >= 11 is 0. The molecule has 1 aliphatic heterocycles. The first kappa shape index (κ1) is 15.6. The summed E-state index contributed by atoms with van der Waals surface area (Å²) in [7, 11) is 0. The third kappa shape index (κ3) is 3.26. The zero-order valence-electron chi connectivity index (χ0n) is 11.5. The van der Waals surface area contributed by atoms with Gasteiger partial charge in [-0.1, -0.05) is 6.92 Å². The molecule has 8 heteroatoms. The lowest BCUT2D eigenvalue weighted by Gasteiger charge is -2.36. The lowest BCUT2D eigenvalue weighted by atomic mass is 9.95. The molecule has 0 aliphatic carbocycles. The van der Waals surface area contributed by atoms with E-state index in [1.807, 2.05) is 6.92 Å². The molecule has 0 spiro atoms. The van der Waals surface area contributed by atoms with E-state index in [9.17, 15) is 18.3 Å². The van der Waals surface area contributed by atoms with Crippen molar-refractivity contribution >= 4 is 11.7 Å². The van der Waals surface area contributed by atoms with Gasteiger partial charge in [-0.25, -0.2) is 4.98 Å². The summed E-state index contributed by atoms with van der Waals surface area (Å²) in [6, 6.07) is 1.96. The number of aliphatic hydroxyl groups is 1. The predicted octanol–water partition coefficient (Wildman–Crippen LogP) is 1.59. The van der Waals surface area contributed by atoms with Crippen LogP contribution in [0.2, 0.25) is 0 Å². The van der Waals surface area contributed by atoms with E-state index in [2.05, 4.69) is 4.98 Å². The number of aliphatic hydroxyl groups excluding tert-OH is 1. The number of hydrogen-bond acceptors (Lipinski definition) is 4. The zero-order valence-corrected chi connectivity index (χ0v) is 11.5. The molecule has 116 valence electrons. The van der Waals surface area contributed by atoms with Gasteiger partial charge in [0.1, 0.15) is 17.3 Å². The van der Waals surface area contributed by atoms with Crippen molar-refractivity contribution < 1.29 is 18.3 Å². The highest BCUT2D eigenvalue weighted by Gasteiger charge is 2.35. The Labute approximate surface area is 120 Å². The Balaban J connectivity index is 2.42. The first-order valence-corrected chi connectivity index (χ1v) is 6.55. The molecular weight excluding hydrogens is 285 g/mol. The van der Waals surface area contributed by atoms with E-state index >= 15 is 0 Å². The smallest absolute Gasteiger partial charge is 0.391 e. The molecule has 0 aromatic carbocycles. The maximum atomic E-state index is 12.8. The van der Waals surface area contributed by atoms with Gasteiger partial charge in [-0.05, 0) is 24.5 Å². The second kappa shape index (κ2) is 5.51. The molecule has 4 N–H and O–H groups in total. The fourth-order valence-electron chi connectivity index (χ4n) is 2.30. The minimum Gasteiger partial charge on any atom is -0.391 e. The topological polar surface area (TPSA) is 86.2 Å². The van der Waals surface area contributed by atoms with Crippen molar-refractivity contribution in [1.29, 1.82) is 5.41 Å². The van der Waals surface area contributed by atoms with Crippen molar-refractivity contribution in [1.82, 2.24) is 4.98 Å². The van der Waals surface area contributed by atoms with Gasteiger partial charge in [-0.15, -0.1) is 0 Å². The summed E-state index contributed by atoms with van der Waals surface area (Å²) in [5.74, 6) is -0.268. The van der Waals surface area contributed by atoms with E-state index in [1.54, 1.807) is 4.90 Å². The minimum absolute atomic E-state index is 0.00303. The number of nitrogens with two attached hydrogens (primary N) is 1. The van der Waals surface area contributed by atoms with E-state index < -0.39 is 18.0 Å². The molecule has 1 saturated heterocycles. The normalized spacial score (nSPS) is 23.2. The van der Waals surface area contributed by atoms with Crippen molar-refractivity contribution in [2.45, 2.75) is 25.6 Å². The van der Waals surface area contributed by atoms with Crippen LogP contribution in [-0.4, -0.2) is 35.1 Å². The highest BCUT2D eigenvalue weighted by Crippen LogP contribution is 2.31. The number of hydrogen-bond donors (Lipinski definition) is 3. The number of piperidine rings is 1. The van der Waals surface area contributed by atoms with Gasteiger partial charge in [0.25, 0.3) is 0 Å². The van der Waals surface area contributed by atoms with Crippen molar-refractivity contribution in [3.63, 3.8) is 0 Å². The highest BCUT2D eigenvalue weighted by molar-refractivity contribution is 5.99. The second-order valence-corrected chi connectivity index (χ2v) is 5.26. The maximum absolute atomic E-state index is 12.8. The van der Waals surface area contributed by atoms with Crippen LogP contribution in [0.5, 0.6) is 0 Å². The quantitative estimate of drug-likeness (QED) is 0.572. The fraction of sp³-hybridized carbons (Fsp3) is 0.538. The number of β-amino-alcohol motifs (C(OH)–C–C–N with tert-alkyl or cyclic N) is 1. The van der Waals surface area contributed by atoms with Crippen LogP contribution in [0.4, 0.5) is 19.0 Å². The van der Waals surface area contributed by atoms with Gasteiger partial charge in [0.05, 0.1) is 11.7 Å². The summed E-state index contributed by atoms with van der Waals surface area (Å²) in [6.45, 7) is 2.52. The molecule has 1 fully saturated rings. The molecule has 1 aromatic heterocycles. The molecule has 2 atom stereocenters. The van der Waals surface area contributed by atoms with Crippen molar-refractivity contribution in [3.05, 3.63) is 23.4 Å². The van der Waals surface area contributed by atoms with E-state index in [1.165, 1.54) is 0 Å². The van der Waals surface area contributed by atoms with Crippen molar-refractivity contribution in [2.24, 2.45) is 11.7 Å². The average Bonchev–Trinajstić information content (AvgIpc) is 2.40. The summed E-state index contributed by atoms with van der Waals surface area (Å²) in [6.07, 6.45) is -4.57. The van der Waals surface area contributed by atoms with Gasteiger partial charge in [0.15, 0.2) is 0 Å². The number of nitrogens with zero attached hydrogens (tertiary/aromatic N) is 2. The molecule has 21 heavy (non-hydrogen) atoms. The Bertz CT molecular complexity index is 547. The first-order chi connectivity index (χ1) is 9.70. The van der Waals surface area contributed by atoms with Crippen LogP contribution in [-0.2, 0) is 6.18 Å². The molecule has 1 aliphatic rings. The van der Waals surface area contributed by atoms with Crippen LogP contribution in [0.3, 0.4) is 0 Å². The Morgan fingerprint density at radius 2 is 2.14 bits per heavy atom. The van der Waals surface area contributed by atoms with E-state index in [4.69, 9.17) is 11.1 Å². The summed E-state index contributed by atoms with van der Waals surface area (Å²) in [5.41, 5.74) is 4.53. The van der Waals surface area contributed by atoms with Gasteiger partial charge in [0.2, 0.25) is 0 Å². The van der Waals surface area contributed by atoms with Gasteiger partial charge >= 0.3 is 6.18 Å². The number of amidine groups is 1. The van der Waals surface area contributed by atoms with Gasteiger partial charge in [-0.3, -0.25) is 5.41 Å². The molecule has 1 aromatic rings. The number of aromatic nitrogens is 1. The summed E-state index contributed by atoms with van der Waals surface area (Å²) < 4.78 is 38.4. The fourth-order valence-corrected chi connectivity index (χ4v) is 2.30. The number of nitrogen functional groups attached to an aromatic ring is 1. The maximum Gasteiger partial charge on any atom is 0.433 e. The molecule has 0 radical (unpaired) electrons. The van der Waals surface area contributed by atoms with Gasteiger partial charge in [-0.2, -0.15) is 13.2 Å². The SMILES string of the molecule is CC1CCN(c2nc(C(F)(F)F)ccc2C(=N)N)CC1O. The van der Waals surface area contributed by atoms with Gasteiger partial charge < -0.3 is 15.7 Å². The van der Waals surface area contributed by atoms with Crippen LogP contribution in [0.25, 0.3) is 0 Å². The molecule has 5 nitrogen and oxygen atoms in total. The molecule has 0 amide bonds. The monoisotopic (exact) mass is 302 g/mol. The van der Waals surface area contributed by atoms with E-state index in [0.717, 1.165) is 12.1 Å². The molecular formula is C13H17F3N4O. The van der Waals surface area contributed by atoms with Crippen LogP contribution < -0.4 is 10.6 Å². The van der Waals surface area contributed by atoms with Crippen LogP contribution >= 0.6 is 0 Å². The number of alkyl halides is 3. The lowest BCUT2D eigenvalue weighted by molar-refractivity contribution is -0.141. The first-order valence-electron chi connectivity index (χ1n) is 6.55. The third-order valence-electron chi connectivity index (χ3n) is 3.67. The zero-order chi connectivity index (χ0) is 15.8. The molecule has 0 saturated carbocycles. The third-order valence-corrected chi connectivity index (χ3v) is 3.67. The number of nitrogens with one attached hydrogen (secondary N) is 1. The summed E-state index contributed by atoms with van der Waals surface area (Å²) in [5, 5.41) is 17.4. The number of halogens is 3. The van der Waals surface area contributed by atoms with Gasteiger partial charge in [0, 0.05) is 13.1 Å². The second-order valence-electron chi connectivity index (χ2n) is 5.26. The Morgan fingerprint density at radius 3 is 2.67 bits per heavy atom. The Morgan fingerprint density at radius 1 is 1.48 bits per heavy atom. The predicted molar refractivity (Wildman–Crippen MR) is 72.3 cm³/mol. The average molecular weight is 302 g/mol. The lowest BCUT2D eigenvalue weighted by Crippen LogP contribution is -2.44. The van der Waals surface area contributed by atoms with E-state index in [-0.39, 0.29) is 29.7 Å². The van der Waals surface area contributed by atoms with Crippen LogP contribution in [0, 0.1) is 11.3 Å². The van der Waals surface area contributed by atoms with Crippen molar-refractivity contribution in [3.8, 4) is 0 Å². The summed E-state index contributed by atoms with van der Waals surface area (Å²) in [4.78, 5) is 5.17. The van der Waals surface area contributed by atoms with Crippen LogP contribution in [0.1, 0.15) is 24.6 Å². The number of rotatable bonds is 2. The molecule has 2 heterocycles. The van der Waals surface area contributed by atoms with Crippen LogP contribution in [0.15, 0.2) is 12.1 Å². The standard InChI is InChI=1S/C13H17F3N4O/c1-7-4-5-20(6-9(7)21)12-8(11(17)18)2-3-10(19-12)13(14,15)16/h2-3,7,9,21H,4-6H2,1H3,(H3,17,18).